The molecule has 0 aliphatic carbocycles. The lowest BCUT2D eigenvalue weighted by Crippen LogP contribution is -2.33. The van der Waals surface area contributed by atoms with Crippen LogP contribution in [0.4, 0.5) is 0 Å². The molecular weight excluding hydrogens is 326 g/mol. The summed E-state index contributed by atoms with van der Waals surface area (Å²) in [5, 5.41) is 3.16. The molecule has 2 aromatic rings. The molecule has 0 radical (unpaired) electrons. The largest absolute Gasteiger partial charge is 0.490 e. The summed E-state index contributed by atoms with van der Waals surface area (Å²) < 4.78 is 11.2. The van der Waals surface area contributed by atoms with Gasteiger partial charge in [-0.25, -0.2) is 0 Å². The quantitative estimate of drug-likeness (QED) is 0.507. The molecule has 26 heavy (non-hydrogen) atoms. The number of nitrogens with zero attached hydrogens (tertiary/aromatic N) is 1. The van der Waals surface area contributed by atoms with Gasteiger partial charge in [0.15, 0.2) is 17.5 Å². The summed E-state index contributed by atoms with van der Waals surface area (Å²) in [5.74, 6) is 2.06. The molecule has 140 valence electrons. The van der Waals surface area contributed by atoms with Gasteiger partial charge in [0.2, 0.25) is 0 Å². The van der Waals surface area contributed by atoms with E-state index in [2.05, 4.69) is 28.5 Å². The number of aliphatic imine (C=N–C) groups is 1. The summed E-state index contributed by atoms with van der Waals surface area (Å²) in [6, 6.07) is 16.3. The lowest BCUT2D eigenvalue weighted by molar-refractivity contribution is 0.287. The summed E-state index contributed by atoms with van der Waals surface area (Å²) >= 11 is 0. The van der Waals surface area contributed by atoms with E-state index in [-0.39, 0.29) is 0 Å². The number of ether oxygens (including phenoxy) is 2. The first-order valence-electron chi connectivity index (χ1n) is 9.19. The molecule has 0 heterocycles. The molecule has 0 aliphatic heterocycles. The molecule has 0 unspecified atom stereocenters. The molecule has 0 amide bonds. The number of nitrogens with two attached hydrogens (primary N) is 1. The highest BCUT2D eigenvalue weighted by molar-refractivity contribution is 5.77. The van der Waals surface area contributed by atoms with Gasteiger partial charge in [-0.2, -0.15) is 0 Å². The molecule has 0 saturated carbocycles. The van der Waals surface area contributed by atoms with Crippen LogP contribution in [0, 0.1) is 0 Å². The molecular formula is C21H29N3O2. The zero-order valence-corrected chi connectivity index (χ0v) is 15.7. The molecule has 5 heteroatoms. The van der Waals surface area contributed by atoms with Crippen LogP contribution in [-0.4, -0.2) is 32.3 Å². The van der Waals surface area contributed by atoms with Crippen LogP contribution in [0.3, 0.4) is 0 Å². The standard InChI is InChI=1S/C21H29N3O2/c1-3-25-19-11-10-18(16-20(19)26-4-2)13-15-24-21(22)23-14-12-17-8-6-5-7-9-17/h5-11,16H,3-4,12-15H2,1-2H3,(H3,22,23,24). The molecule has 0 aliphatic rings. The molecule has 0 atom stereocenters. The number of guanidine groups is 1. The monoisotopic (exact) mass is 355 g/mol. The van der Waals surface area contributed by atoms with Crippen LogP contribution in [0.2, 0.25) is 0 Å². The third kappa shape index (κ3) is 6.67. The Morgan fingerprint density at radius 1 is 0.923 bits per heavy atom. The molecule has 2 rings (SSSR count). The minimum absolute atomic E-state index is 0.483. The van der Waals surface area contributed by atoms with Crippen molar-refractivity contribution in [1.82, 2.24) is 5.32 Å². The zero-order chi connectivity index (χ0) is 18.6. The second-order valence-electron chi connectivity index (χ2n) is 5.83. The molecule has 0 spiro atoms. The Morgan fingerprint density at radius 2 is 1.65 bits per heavy atom. The topological polar surface area (TPSA) is 68.9 Å². The second-order valence-corrected chi connectivity index (χ2v) is 5.83. The summed E-state index contributed by atoms with van der Waals surface area (Å²) in [5.41, 5.74) is 8.37. The van der Waals surface area contributed by atoms with Gasteiger partial charge in [0.1, 0.15) is 0 Å². The molecule has 0 saturated heterocycles. The molecule has 2 aromatic carbocycles. The van der Waals surface area contributed by atoms with E-state index in [0.717, 1.165) is 30.9 Å². The van der Waals surface area contributed by atoms with Crippen LogP contribution in [0.25, 0.3) is 0 Å². The average molecular weight is 355 g/mol. The van der Waals surface area contributed by atoms with Crippen LogP contribution in [0.1, 0.15) is 25.0 Å². The van der Waals surface area contributed by atoms with Gasteiger partial charge in [-0.05, 0) is 49.9 Å². The maximum atomic E-state index is 5.94. The van der Waals surface area contributed by atoms with Gasteiger partial charge in [0.05, 0.1) is 13.2 Å². The van der Waals surface area contributed by atoms with Crippen molar-refractivity contribution in [3.05, 3.63) is 59.7 Å². The molecule has 0 fully saturated rings. The van der Waals surface area contributed by atoms with Crippen molar-refractivity contribution in [3.8, 4) is 11.5 Å². The minimum Gasteiger partial charge on any atom is -0.490 e. The van der Waals surface area contributed by atoms with E-state index in [1.165, 1.54) is 11.1 Å². The van der Waals surface area contributed by atoms with Crippen molar-refractivity contribution in [1.29, 1.82) is 0 Å². The van der Waals surface area contributed by atoms with E-state index in [9.17, 15) is 0 Å². The minimum atomic E-state index is 0.483. The van der Waals surface area contributed by atoms with E-state index < -0.39 is 0 Å². The third-order valence-corrected chi connectivity index (χ3v) is 3.85. The van der Waals surface area contributed by atoms with Crippen LogP contribution < -0.4 is 20.5 Å². The van der Waals surface area contributed by atoms with Crippen molar-refractivity contribution in [3.63, 3.8) is 0 Å². The van der Waals surface area contributed by atoms with Crippen molar-refractivity contribution >= 4 is 5.96 Å². The first kappa shape index (κ1) is 19.6. The number of hydrogen-bond donors (Lipinski definition) is 2. The Balaban J connectivity index is 1.79. The number of rotatable bonds is 10. The summed E-state index contributed by atoms with van der Waals surface area (Å²) in [6.07, 6.45) is 1.72. The predicted molar refractivity (Wildman–Crippen MR) is 107 cm³/mol. The lowest BCUT2D eigenvalue weighted by Gasteiger charge is -2.12. The Labute approximate surface area is 156 Å². The van der Waals surface area contributed by atoms with Gasteiger partial charge < -0.3 is 20.5 Å². The van der Waals surface area contributed by atoms with E-state index in [0.29, 0.717) is 25.7 Å². The highest BCUT2D eigenvalue weighted by Crippen LogP contribution is 2.28. The van der Waals surface area contributed by atoms with Crippen LogP contribution in [-0.2, 0) is 12.8 Å². The molecule has 3 N–H and O–H groups in total. The van der Waals surface area contributed by atoms with Crippen molar-refractivity contribution in [2.75, 3.05) is 26.3 Å². The van der Waals surface area contributed by atoms with Crippen molar-refractivity contribution in [2.24, 2.45) is 10.7 Å². The Hall–Kier alpha value is -2.69. The third-order valence-electron chi connectivity index (χ3n) is 3.85. The fourth-order valence-electron chi connectivity index (χ4n) is 2.59. The van der Waals surface area contributed by atoms with Gasteiger partial charge in [-0.15, -0.1) is 0 Å². The van der Waals surface area contributed by atoms with Gasteiger partial charge in [0.25, 0.3) is 0 Å². The Bertz CT molecular complexity index is 687. The zero-order valence-electron chi connectivity index (χ0n) is 15.7. The van der Waals surface area contributed by atoms with Crippen molar-refractivity contribution in [2.45, 2.75) is 26.7 Å². The molecule has 0 aromatic heterocycles. The van der Waals surface area contributed by atoms with E-state index in [1.807, 2.05) is 44.2 Å². The fraction of sp³-hybridized carbons (Fsp3) is 0.381. The predicted octanol–water partition coefficient (Wildman–Crippen LogP) is 3.17. The average Bonchev–Trinajstić information content (AvgIpc) is 2.65. The SMILES string of the molecule is CCOc1ccc(CCNC(N)=NCCc2ccccc2)cc1OCC. The smallest absolute Gasteiger partial charge is 0.188 e. The molecule has 5 nitrogen and oxygen atoms in total. The lowest BCUT2D eigenvalue weighted by atomic mass is 10.1. The second kappa shape index (κ2) is 11.0. The van der Waals surface area contributed by atoms with Gasteiger partial charge in [0, 0.05) is 13.1 Å². The van der Waals surface area contributed by atoms with E-state index in [4.69, 9.17) is 15.2 Å². The van der Waals surface area contributed by atoms with Crippen LogP contribution >= 0.6 is 0 Å². The Morgan fingerprint density at radius 3 is 2.38 bits per heavy atom. The van der Waals surface area contributed by atoms with Crippen molar-refractivity contribution < 1.29 is 9.47 Å². The van der Waals surface area contributed by atoms with E-state index in [1.54, 1.807) is 0 Å². The summed E-state index contributed by atoms with van der Waals surface area (Å²) in [7, 11) is 0. The first-order valence-corrected chi connectivity index (χ1v) is 9.19. The summed E-state index contributed by atoms with van der Waals surface area (Å²) in [6.45, 7) is 6.57. The fourth-order valence-corrected chi connectivity index (χ4v) is 2.59. The van der Waals surface area contributed by atoms with Gasteiger partial charge in [-0.1, -0.05) is 36.4 Å². The Kier molecular flexibility index (Phi) is 8.33. The van der Waals surface area contributed by atoms with Gasteiger partial charge in [-0.3, -0.25) is 4.99 Å². The normalized spacial score (nSPS) is 11.2. The highest BCUT2D eigenvalue weighted by atomic mass is 16.5. The summed E-state index contributed by atoms with van der Waals surface area (Å²) in [4.78, 5) is 4.37. The highest BCUT2D eigenvalue weighted by Gasteiger charge is 2.06. The number of benzene rings is 2. The number of hydrogen-bond acceptors (Lipinski definition) is 3. The van der Waals surface area contributed by atoms with Crippen LogP contribution in [0.5, 0.6) is 11.5 Å². The van der Waals surface area contributed by atoms with Crippen LogP contribution in [0.15, 0.2) is 53.5 Å². The van der Waals surface area contributed by atoms with E-state index >= 15 is 0 Å². The first-order chi connectivity index (χ1) is 12.7. The maximum absolute atomic E-state index is 5.94. The molecule has 0 bridgehead atoms. The maximum Gasteiger partial charge on any atom is 0.188 e. The number of nitrogens with one attached hydrogen (secondary N) is 1. The van der Waals surface area contributed by atoms with Gasteiger partial charge >= 0.3 is 0 Å².